The molecule has 0 radical (unpaired) electrons. The smallest absolute Gasteiger partial charge is 0.253 e. The van der Waals surface area contributed by atoms with Crippen molar-refractivity contribution in [2.45, 2.75) is 11.4 Å². The lowest BCUT2D eigenvalue weighted by Crippen LogP contribution is -2.37. The maximum atomic E-state index is 12.5. The van der Waals surface area contributed by atoms with E-state index in [1.807, 2.05) is 28.6 Å². The summed E-state index contributed by atoms with van der Waals surface area (Å²) < 4.78 is 19.7. The zero-order valence-corrected chi connectivity index (χ0v) is 15.4. The van der Waals surface area contributed by atoms with Crippen molar-refractivity contribution < 1.29 is 13.7 Å². The van der Waals surface area contributed by atoms with E-state index in [2.05, 4.69) is 20.5 Å². The van der Waals surface area contributed by atoms with Gasteiger partial charge in [0.15, 0.2) is 5.65 Å². The summed E-state index contributed by atoms with van der Waals surface area (Å²) in [7, 11) is -1.18. The van der Waals surface area contributed by atoms with Gasteiger partial charge >= 0.3 is 0 Å². The summed E-state index contributed by atoms with van der Waals surface area (Å²) in [6.45, 7) is 2.93. The number of carbonyl (C=O) groups excluding carboxylic acids is 1. The minimum Gasteiger partial charge on any atom is -0.379 e. The predicted octanol–water partition coefficient (Wildman–Crippen LogP) is 1.24. The molecule has 1 fully saturated rings. The summed E-state index contributed by atoms with van der Waals surface area (Å²) >= 11 is 0. The molecule has 0 saturated carbocycles. The number of hydrogen-bond donors (Lipinski definition) is 2. The van der Waals surface area contributed by atoms with Gasteiger partial charge in [0, 0.05) is 31.2 Å². The summed E-state index contributed by atoms with van der Waals surface area (Å²) in [6, 6.07) is 9.19. The Hall–Kier alpha value is -2.62. The van der Waals surface area contributed by atoms with Gasteiger partial charge in [-0.1, -0.05) is 12.1 Å². The van der Waals surface area contributed by atoms with E-state index >= 15 is 0 Å². The molecule has 3 heterocycles. The number of benzene rings is 1. The maximum absolute atomic E-state index is 12.5. The average molecular weight is 385 g/mol. The van der Waals surface area contributed by atoms with E-state index in [9.17, 15) is 9.00 Å². The number of aromatic amines is 1. The Labute approximate surface area is 158 Å². The summed E-state index contributed by atoms with van der Waals surface area (Å²) in [6.07, 6.45) is 3.15. The molecule has 1 aromatic carbocycles. The minimum absolute atomic E-state index is 0.202. The molecule has 0 aliphatic carbocycles. The van der Waals surface area contributed by atoms with Crippen molar-refractivity contribution in [2.24, 2.45) is 0 Å². The second kappa shape index (κ2) is 7.95. The fourth-order valence-electron chi connectivity index (χ4n) is 2.83. The number of rotatable bonds is 5. The molecule has 3 aromatic rings. The normalized spacial score (nSPS) is 16.3. The number of morpholine rings is 1. The third kappa shape index (κ3) is 4.05. The number of aromatic nitrogens is 3. The first-order chi connectivity index (χ1) is 13.2. The predicted molar refractivity (Wildman–Crippen MR) is 100 cm³/mol. The van der Waals surface area contributed by atoms with Crippen LogP contribution in [0, 0.1) is 0 Å². The molecule has 1 aliphatic heterocycles. The van der Waals surface area contributed by atoms with Gasteiger partial charge in [-0.15, -0.1) is 0 Å². The van der Waals surface area contributed by atoms with Gasteiger partial charge in [0.05, 0.1) is 29.9 Å². The molecule has 1 unspecified atom stereocenters. The lowest BCUT2D eigenvalue weighted by molar-refractivity contribution is 0.0752. The largest absolute Gasteiger partial charge is 0.379 e. The summed E-state index contributed by atoms with van der Waals surface area (Å²) in [5.41, 5.74) is 2.06. The van der Waals surface area contributed by atoms with Gasteiger partial charge in [-0.3, -0.25) is 9.89 Å². The number of nitrogens with zero attached hydrogens (tertiary/aromatic N) is 3. The second-order valence-corrected chi connectivity index (χ2v) is 7.64. The molecular formula is C18H19N5O3S. The highest BCUT2D eigenvalue weighted by molar-refractivity contribution is 7.82. The van der Waals surface area contributed by atoms with Crippen LogP contribution in [0.1, 0.15) is 15.9 Å². The van der Waals surface area contributed by atoms with Crippen LogP contribution in [0.5, 0.6) is 0 Å². The molecule has 1 atom stereocenters. The minimum atomic E-state index is -1.18. The molecular weight excluding hydrogens is 366 g/mol. The topological polar surface area (TPSA) is 100 Å². The van der Waals surface area contributed by atoms with Gasteiger partial charge in [-0.25, -0.2) is 13.5 Å². The van der Waals surface area contributed by atoms with Crippen LogP contribution in [-0.4, -0.2) is 55.9 Å². The van der Waals surface area contributed by atoms with Gasteiger partial charge in [0.2, 0.25) is 0 Å². The fraction of sp³-hybridized carbons (Fsp3) is 0.278. The van der Waals surface area contributed by atoms with Crippen molar-refractivity contribution in [1.82, 2.24) is 24.8 Å². The first-order valence-corrected chi connectivity index (χ1v) is 9.72. The van der Waals surface area contributed by atoms with Crippen LogP contribution in [0.25, 0.3) is 11.0 Å². The molecule has 2 aromatic heterocycles. The molecule has 4 rings (SSSR count). The van der Waals surface area contributed by atoms with E-state index in [1.165, 1.54) is 6.20 Å². The van der Waals surface area contributed by atoms with Gasteiger partial charge in [-0.2, -0.15) is 5.10 Å². The molecule has 0 spiro atoms. The lowest BCUT2D eigenvalue weighted by Gasteiger charge is -2.25. The summed E-state index contributed by atoms with van der Waals surface area (Å²) in [5.74, 6) is -0.202. The number of H-pyrrole nitrogens is 1. The number of pyridine rings is 1. The summed E-state index contributed by atoms with van der Waals surface area (Å²) in [4.78, 5) is 17.2. The van der Waals surface area contributed by atoms with E-state index in [4.69, 9.17) is 4.74 Å². The number of amides is 1. The quantitative estimate of drug-likeness (QED) is 0.688. The van der Waals surface area contributed by atoms with Gasteiger partial charge in [0.1, 0.15) is 11.0 Å². The number of ether oxygens (including phenoxy) is 1. The third-order valence-corrected chi connectivity index (χ3v) is 5.85. The molecule has 27 heavy (non-hydrogen) atoms. The second-order valence-electron chi connectivity index (χ2n) is 6.15. The zero-order chi connectivity index (χ0) is 18.6. The zero-order valence-electron chi connectivity index (χ0n) is 14.6. The first-order valence-electron chi connectivity index (χ1n) is 8.61. The molecule has 1 amide bonds. The van der Waals surface area contributed by atoms with Crippen molar-refractivity contribution in [3.63, 3.8) is 0 Å². The van der Waals surface area contributed by atoms with Crippen LogP contribution in [0.3, 0.4) is 0 Å². The molecule has 2 N–H and O–H groups in total. The van der Waals surface area contributed by atoms with Gasteiger partial charge in [0.25, 0.3) is 5.91 Å². The van der Waals surface area contributed by atoms with Crippen molar-refractivity contribution in [3.8, 4) is 0 Å². The first kappa shape index (κ1) is 17.8. The Morgan fingerprint density at radius 1 is 1.22 bits per heavy atom. The standard InChI is InChI=1S/C18H19N5O3S/c24-18(15-9-14-12-21-22-17(14)19-11-15)20-10-13-1-3-16(4-2-13)27(25)23-5-7-26-8-6-23/h1-4,9,11-12H,5-8,10H2,(H,20,24)(H,19,21,22). The summed E-state index contributed by atoms with van der Waals surface area (Å²) in [5, 5.41) is 10.3. The van der Waals surface area contributed by atoms with E-state index < -0.39 is 11.0 Å². The number of carbonyl (C=O) groups is 1. The highest BCUT2D eigenvalue weighted by atomic mass is 32.2. The van der Waals surface area contributed by atoms with Crippen molar-refractivity contribution >= 4 is 27.9 Å². The van der Waals surface area contributed by atoms with Gasteiger partial charge in [-0.05, 0) is 23.8 Å². The number of hydrogen-bond acceptors (Lipinski definition) is 5. The van der Waals surface area contributed by atoms with Crippen LogP contribution >= 0.6 is 0 Å². The fourth-order valence-corrected chi connectivity index (χ4v) is 3.98. The number of fused-ring (bicyclic) bond motifs is 1. The Morgan fingerprint density at radius 3 is 2.78 bits per heavy atom. The molecule has 1 saturated heterocycles. The highest BCUT2D eigenvalue weighted by Crippen LogP contribution is 2.14. The molecule has 0 bridgehead atoms. The average Bonchev–Trinajstić information content (AvgIpc) is 3.20. The maximum Gasteiger partial charge on any atom is 0.253 e. The Balaban J connectivity index is 1.36. The Morgan fingerprint density at radius 2 is 2.00 bits per heavy atom. The molecule has 9 heteroatoms. The Kier molecular flexibility index (Phi) is 5.23. The van der Waals surface area contributed by atoms with Crippen molar-refractivity contribution in [3.05, 3.63) is 53.9 Å². The third-order valence-electron chi connectivity index (χ3n) is 4.34. The molecule has 140 valence electrons. The van der Waals surface area contributed by atoms with E-state index in [1.54, 1.807) is 12.3 Å². The van der Waals surface area contributed by atoms with E-state index in [-0.39, 0.29) is 5.91 Å². The molecule has 8 nitrogen and oxygen atoms in total. The van der Waals surface area contributed by atoms with Gasteiger partial charge < -0.3 is 10.1 Å². The van der Waals surface area contributed by atoms with Crippen LogP contribution < -0.4 is 5.32 Å². The van der Waals surface area contributed by atoms with E-state index in [0.717, 1.165) is 15.8 Å². The van der Waals surface area contributed by atoms with Crippen molar-refractivity contribution in [2.75, 3.05) is 26.3 Å². The Bertz CT molecular complexity index is 967. The van der Waals surface area contributed by atoms with Crippen molar-refractivity contribution in [1.29, 1.82) is 0 Å². The lowest BCUT2D eigenvalue weighted by atomic mass is 10.2. The van der Waals surface area contributed by atoms with Crippen LogP contribution in [0.15, 0.2) is 47.6 Å². The van der Waals surface area contributed by atoms with Crippen LogP contribution in [0.2, 0.25) is 0 Å². The monoisotopic (exact) mass is 385 g/mol. The van der Waals surface area contributed by atoms with Crippen LogP contribution in [-0.2, 0) is 22.3 Å². The molecule has 1 aliphatic rings. The number of nitrogens with one attached hydrogen (secondary N) is 2. The highest BCUT2D eigenvalue weighted by Gasteiger charge is 2.18. The SMILES string of the molecule is O=C(NCc1ccc(S(=O)N2CCOCC2)cc1)c1cnc2[nH]ncc2c1. The van der Waals surface area contributed by atoms with Crippen LogP contribution in [0.4, 0.5) is 0 Å². The van der Waals surface area contributed by atoms with E-state index in [0.29, 0.717) is 44.1 Å².